The van der Waals surface area contributed by atoms with Gasteiger partial charge in [-0.25, -0.2) is 0 Å². The predicted octanol–water partition coefficient (Wildman–Crippen LogP) is 4.85. The van der Waals surface area contributed by atoms with Gasteiger partial charge in [0.25, 0.3) is 0 Å². The first-order valence-corrected chi connectivity index (χ1v) is 8.98. The van der Waals surface area contributed by atoms with E-state index in [2.05, 4.69) is 61.6 Å². The van der Waals surface area contributed by atoms with Crippen LogP contribution in [0.3, 0.4) is 0 Å². The third kappa shape index (κ3) is 5.64. The van der Waals surface area contributed by atoms with Crippen molar-refractivity contribution in [1.29, 1.82) is 0 Å². The summed E-state index contributed by atoms with van der Waals surface area (Å²) in [7, 11) is 0. The van der Waals surface area contributed by atoms with Gasteiger partial charge in [0, 0.05) is 15.8 Å². The normalized spacial score (nSPS) is 12.5. The molecule has 21 heavy (non-hydrogen) atoms. The zero-order valence-electron chi connectivity index (χ0n) is 13.3. The first-order chi connectivity index (χ1) is 10.3. The van der Waals surface area contributed by atoms with Crippen LogP contribution in [0.1, 0.15) is 42.0 Å². The molecule has 2 aromatic rings. The van der Waals surface area contributed by atoms with E-state index in [4.69, 9.17) is 0 Å². The predicted molar refractivity (Wildman–Crippen MR) is 94.2 cm³/mol. The Balaban J connectivity index is 1.90. The highest BCUT2D eigenvalue weighted by atomic mass is 32.1. The van der Waals surface area contributed by atoms with Crippen molar-refractivity contribution in [2.75, 3.05) is 6.54 Å². The lowest BCUT2D eigenvalue weighted by atomic mass is 10.0. The third-order valence-electron chi connectivity index (χ3n) is 3.82. The average Bonchev–Trinajstić information content (AvgIpc) is 2.98. The Morgan fingerprint density at radius 2 is 1.76 bits per heavy atom. The monoisotopic (exact) mass is 301 g/mol. The first-order valence-electron chi connectivity index (χ1n) is 8.16. The third-order valence-corrected chi connectivity index (χ3v) is 5.07. The van der Waals surface area contributed by atoms with E-state index < -0.39 is 0 Å². The maximum Gasteiger partial charge on any atom is 0.0118 e. The Morgan fingerprint density at radius 3 is 2.43 bits per heavy atom. The van der Waals surface area contributed by atoms with E-state index in [0.717, 1.165) is 25.8 Å². The second kappa shape index (κ2) is 9.01. The van der Waals surface area contributed by atoms with Gasteiger partial charge in [0.05, 0.1) is 0 Å². The maximum atomic E-state index is 3.72. The summed E-state index contributed by atoms with van der Waals surface area (Å²) in [5.41, 5.74) is 1.45. The van der Waals surface area contributed by atoms with Gasteiger partial charge in [0.2, 0.25) is 0 Å². The largest absolute Gasteiger partial charge is 0.314 e. The highest BCUT2D eigenvalue weighted by Crippen LogP contribution is 2.20. The molecule has 1 unspecified atom stereocenters. The Bertz CT molecular complexity index is 503. The van der Waals surface area contributed by atoms with Gasteiger partial charge >= 0.3 is 0 Å². The molecule has 2 rings (SSSR count). The van der Waals surface area contributed by atoms with Crippen molar-refractivity contribution in [3.63, 3.8) is 0 Å². The van der Waals surface area contributed by atoms with Crippen LogP contribution in [0.4, 0.5) is 0 Å². The molecule has 0 radical (unpaired) electrons. The van der Waals surface area contributed by atoms with Gasteiger partial charge < -0.3 is 5.32 Å². The van der Waals surface area contributed by atoms with Gasteiger partial charge in [-0.2, -0.15) is 0 Å². The van der Waals surface area contributed by atoms with Crippen molar-refractivity contribution >= 4 is 11.3 Å². The Kier molecular flexibility index (Phi) is 6.98. The zero-order chi connectivity index (χ0) is 14.9. The highest BCUT2D eigenvalue weighted by Gasteiger charge is 2.10. The van der Waals surface area contributed by atoms with Crippen LogP contribution in [0, 0.1) is 0 Å². The van der Waals surface area contributed by atoms with Crippen LogP contribution in [-0.4, -0.2) is 12.6 Å². The fourth-order valence-corrected chi connectivity index (χ4v) is 3.61. The van der Waals surface area contributed by atoms with Gasteiger partial charge in [-0.15, -0.1) is 11.3 Å². The van der Waals surface area contributed by atoms with Crippen molar-refractivity contribution in [3.05, 3.63) is 57.8 Å². The molecule has 0 fully saturated rings. The number of thiophene rings is 1. The highest BCUT2D eigenvalue weighted by molar-refractivity contribution is 7.11. The molecule has 0 aliphatic heterocycles. The fourth-order valence-electron chi connectivity index (χ4n) is 2.58. The van der Waals surface area contributed by atoms with Gasteiger partial charge in [-0.3, -0.25) is 0 Å². The van der Waals surface area contributed by atoms with Gasteiger partial charge in [-0.05, 0) is 56.3 Å². The molecule has 1 atom stereocenters. The Labute approximate surface area is 133 Å². The molecular weight excluding hydrogens is 274 g/mol. The summed E-state index contributed by atoms with van der Waals surface area (Å²) in [6.45, 7) is 5.59. The molecule has 0 saturated heterocycles. The quantitative estimate of drug-likeness (QED) is 0.698. The number of hydrogen-bond donors (Lipinski definition) is 1. The van der Waals surface area contributed by atoms with Crippen LogP contribution in [0.2, 0.25) is 0 Å². The molecule has 114 valence electrons. The molecule has 0 saturated carbocycles. The number of nitrogens with one attached hydrogen (secondary N) is 1. The van der Waals surface area contributed by atoms with Crippen LogP contribution in [0.15, 0.2) is 42.5 Å². The van der Waals surface area contributed by atoms with Crippen molar-refractivity contribution in [3.8, 4) is 0 Å². The second-order valence-corrected chi connectivity index (χ2v) is 6.85. The van der Waals surface area contributed by atoms with Crippen LogP contribution < -0.4 is 5.32 Å². The number of benzene rings is 1. The molecule has 2 heteroatoms. The lowest BCUT2D eigenvalue weighted by Gasteiger charge is -2.18. The van der Waals surface area contributed by atoms with E-state index in [1.54, 1.807) is 0 Å². The minimum Gasteiger partial charge on any atom is -0.314 e. The van der Waals surface area contributed by atoms with Gasteiger partial charge in [0.1, 0.15) is 0 Å². The summed E-state index contributed by atoms with van der Waals surface area (Å²) in [6, 6.07) is 16.0. The summed E-state index contributed by atoms with van der Waals surface area (Å²) in [5, 5.41) is 3.72. The topological polar surface area (TPSA) is 12.0 Å². The molecule has 0 amide bonds. The smallest absolute Gasteiger partial charge is 0.0118 e. The Morgan fingerprint density at radius 1 is 1.00 bits per heavy atom. The van der Waals surface area contributed by atoms with E-state index in [9.17, 15) is 0 Å². The summed E-state index contributed by atoms with van der Waals surface area (Å²) >= 11 is 1.98. The molecule has 0 spiro atoms. The number of rotatable bonds is 9. The fraction of sp³-hybridized carbons (Fsp3) is 0.474. The molecule has 1 nitrogen and oxygen atoms in total. The lowest BCUT2D eigenvalue weighted by molar-refractivity contribution is 0.480. The van der Waals surface area contributed by atoms with E-state index in [0.29, 0.717) is 6.04 Å². The molecule has 1 aromatic heterocycles. The number of hydrogen-bond acceptors (Lipinski definition) is 2. The number of aryl methyl sites for hydroxylation is 2. The molecular formula is C19H27NS. The molecule has 0 aliphatic carbocycles. The average molecular weight is 301 g/mol. The minimum absolute atomic E-state index is 0.591. The first kappa shape index (κ1) is 16.3. The molecule has 0 bridgehead atoms. The van der Waals surface area contributed by atoms with Crippen molar-refractivity contribution < 1.29 is 0 Å². The van der Waals surface area contributed by atoms with Crippen molar-refractivity contribution in [1.82, 2.24) is 5.32 Å². The molecule has 1 aromatic carbocycles. The van der Waals surface area contributed by atoms with E-state index in [1.165, 1.54) is 28.2 Å². The van der Waals surface area contributed by atoms with Crippen LogP contribution in [0.25, 0.3) is 0 Å². The molecule has 0 aliphatic rings. The van der Waals surface area contributed by atoms with E-state index in [-0.39, 0.29) is 0 Å². The zero-order valence-corrected chi connectivity index (χ0v) is 14.1. The summed E-state index contributed by atoms with van der Waals surface area (Å²) in [6.07, 6.45) is 5.89. The second-order valence-electron chi connectivity index (χ2n) is 5.60. The van der Waals surface area contributed by atoms with Crippen molar-refractivity contribution in [2.45, 2.75) is 52.0 Å². The van der Waals surface area contributed by atoms with Gasteiger partial charge in [-0.1, -0.05) is 44.2 Å². The lowest BCUT2D eigenvalue weighted by Crippen LogP contribution is -2.32. The van der Waals surface area contributed by atoms with E-state index >= 15 is 0 Å². The van der Waals surface area contributed by atoms with Crippen LogP contribution in [0.5, 0.6) is 0 Å². The summed E-state index contributed by atoms with van der Waals surface area (Å²) < 4.78 is 0. The Hall–Kier alpha value is -1.12. The molecule has 1 heterocycles. The van der Waals surface area contributed by atoms with Crippen LogP contribution >= 0.6 is 11.3 Å². The minimum atomic E-state index is 0.591. The summed E-state index contributed by atoms with van der Waals surface area (Å²) in [5.74, 6) is 0. The standard InChI is InChI=1S/C19H27NS/c1-3-14-20-17(11-10-16-8-6-5-7-9-16)15-19-13-12-18(4-2)21-19/h5-9,12-13,17,20H,3-4,10-11,14-15H2,1-2H3. The van der Waals surface area contributed by atoms with Crippen molar-refractivity contribution in [2.24, 2.45) is 0 Å². The maximum absolute atomic E-state index is 3.72. The van der Waals surface area contributed by atoms with Crippen LogP contribution in [-0.2, 0) is 19.3 Å². The van der Waals surface area contributed by atoms with E-state index in [1.807, 2.05) is 11.3 Å². The van der Waals surface area contributed by atoms with Gasteiger partial charge in [0.15, 0.2) is 0 Å². The summed E-state index contributed by atoms with van der Waals surface area (Å²) in [4.78, 5) is 3.02. The molecule has 1 N–H and O–H groups in total. The SMILES string of the molecule is CCCNC(CCc1ccccc1)Cc1ccc(CC)s1.